The van der Waals surface area contributed by atoms with Crippen LogP contribution in [0.4, 0.5) is 10.5 Å². The Balaban J connectivity index is 1.51. The van der Waals surface area contributed by atoms with Gasteiger partial charge >= 0.3 is 6.03 Å². The topological polar surface area (TPSA) is 59.0 Å². The van der Waals surface area contributed by atoms with Crippen LogP contribution in [0.15, 0.2) is 77.3 Å². The van der Waals surface area contributed by atoms with Gasteiger partial charge in [-0.3, -0.25) is 0 Å². The molecule has 3 aromatic carbocycles. The Morgan fingerprint density at radius 3 is 2.52 bits per heavy atom. The molecule has 2 N–H and O–H groups in total. The number of aromatic nitrogens is 2. The fourth-order valence-electron chi connectivity index (χ4n) is 3.24. The van der Waals surface area contributed by atoms with Crippen LogP contribution in [0.1, 0.15) is 5.56 Å². The summed E-state index contributed by atoms with van der Waals surface area (Å²) in [6, 6.07) is 23.7. The van der Waals surface area contributed by atoms with Gasteiger partial charge in [-0.1, -0.05) is 54.1 Å². The number of anilines is 1. The SMILES string of the molecule is Cc1ccc(-c2nc3ccccc3n2CCNC(=O)Nc2ccccc2Br)cc1. The van der Waals surface area contributed by atoms with Crippen LogP contribution in [0.5, 0.6) is 0 Å². The van der Waals surface area contributed by atoms with E-state index in [9.17, 15) is 4.79 Å². The van der Waals surface area contributed by atoms with Gasteiger partial charge in [0.2, 0.25) is 0 Å². The van der Waals surface area contributed by atoms with Gasteiger partial charge in [0.15, 0.2) is 0 Å². The summed E-state index contributed by atoms with van der Waals surface area (Å²) >= 11 is 3.44. The van der Waals surface area contributed by atoms with Crippen LogP contribution in [0.2, 0.25) is 0 Å². The Bertz CT molecular complexity index is 1150. The van der Waals surface area contributed by atoms with Crippen molar-refractivity contribution in [2.75, 3.05) is 11.9 Å². The highest BCUT2D eigenvalue weighted by atomic mass is 79.9. The Morgan fingerprint density at radius 2 is 1.72 bits per heavy atom. The lowest BCUT2D eigenvalue weighted by molar-refractivity contribution is 0.251. The Labute approximate surface area is 177 Å². The average molecular weight is 449 g/mol. The van der Waals surface area contributed by atoms with Crippen molar-refractivity contribution in [3.05, 3.63) is 82.8 Å². The maximum Gasteiger partial charge on any atom is 0.319 e. The van der Waals surface area contributed by atoms with Gasteiger partial charge in [0, 0.05) is 23.1 Å². The molecule has 4 rings (SSSR count). The Hall–Kier alpha value is -3.12. The summed E-state index contributed by atoms with van der Waals surface area (Å²) in [7, 11) is 0. The molecule has 0 saturated carbocycles. The third-order valence-electron chi connectivity index (χ3n) is 4.71. The average Bonchev–Trinajstić information content (AvgIpc) is 3.09. The van der Waals surface area contributed by atoms with Crippen molar-refractivity contribution in [3.63, 3.8) is 0 Å². The summed E-state index contributed by atoms with van der Waals surface area (Å²) in [5.41, 5.74) is 5.00. The molecular weight excluding hydrogens is 428 g/mol. The monoisotopic (exact) mass is 448 g/mol. The number of benzene rings is 3. The van der Waals surface area contributed by atoms with E-state index in [1.165, 1.54) is 5.56 Å². The molecule has 5 nitrogen and oxygen atoms in total. The number of para-hydroxylation sites is 3. The molecule has 0 radical (unpaired) electrons. The van der Waals surface area contributed by atoms with E-state index in [-0.39, 0.29) is 6.03 Å². The zero-order valence-electron chi connectivity index (χ0n) is 16.0. The number of nitrogens with zero attached hydrogens (tertiary/aromatic N) is 2. The van der Waals surface area contributed by atoms with Crippen molar-refractivity contribution in [2.24, 2.45) is 0 Å². The molecule has 1 heterocycles. The van der Waals surface area contributed by atoms with E-state index in [1.807, 2.05) is 42.5 Å². The molecule has 0 bridgehead atoms. The molecule has 0 atom stereocenters. The Kier molecular flexibility index (Phi) is 5.62. The molecule has 0 saturated heterocycles. The van der Waals surface area contributed by atoms with Gasteiger partial charge in [-0.15, -0.1) is 0 Å². The lowest BCUT2D eigenvalue weighted by atomic mass is 10.1. The van der Waals surface area contributed by atoms with Gasteiger partial charge in [0.05, 0.1) is 16.7 Å². The number of imidazole rings is 1. The number of hydrogen-bond donors (Lipinski definition) is 2. The second-order valence-electron chi connectivity index (χ2n) is 6.80. The van der Waals surface area contributed by atoms with E-state index in [2.05, 4.69) is 68.4 Å². The Morgan fingerprint density at radius 1 is 1.00 bits per heavy atom. The molecule has 6 heteroatoms. The van der Waals surface area contributed by atoms with Crippen LogP contribution < -0.4 is 10.6 Å². The maximum atomic E-state index is 12.3. The van der Waals surface area contributed by atoms with Crippen molar-refractivity contribution in [1.29, 1.82) is 0 Å². The van der Waals surface area contributed by atoms with Crippen molar-refractivity contribution in [2.45, 2.75) is 13.5 Å². The summed E-state index contributed by atoms with van der Waals surface area (Å²) in [6.45, 7) is 3.17. The van der Waals surface area contributed by atoms with E-state index >= 15 is 0 Å². The molecule has 0 aliphatic carbocycles. The van der Waals surface area contributed by atoms with Crippen molar-refractivity contribution in [3.8, 4) is 11.4 Å². The molecule has 0 aliphatic rings. The number of rotatable bonds is 5. The van der Waals surface area contributed by atoms with Crippen molar-refractivity contribution >= 4 is 38.7 Å². The molecule has 4 aromatic rings. The fourth-order valence-corrected chi connectivity index (χ4v) is 3.62. The number of carbonyl (C=O) groups excluding carboxylic acids is 1. The van der Waals surface area contributed by atoms with Crippen LogP contribution in [-0.2, 0) is 6.54 Å². The van der Waals surface area contributed by atoms with Crippen LogP contribution in [0, 0.1) is 6.92 Å². The quantitative estimate of drug-likeness (QED) is 0.417. The first-order valence-corrected chi connectivity index (χ1v) is 10.2. The van der Waals surface area contributed by atoms with Crippen LogP contribution in [0.25, 0.3) is 22.4 Å². The summed E-state index contributed by atoms with van der Waals surface area (Å²) in [5, 5.41) is 5.79. The predicted octanol–water partition coefficient (Wildman–Crippen LogP) is 5.60. The number of nitrogens with one attached hydrogen (secondary N) is 2. The van der Waals surface area contributed by atoms with Gasteiger partial charge in [0.1, 0.15) is 5.82 Å². The van der Waals surface area contributed by atoms with E-state index in [1.54, 1.807) is 0 Å². The first-order valence-electron chi connectivity index (χ1n) is 9.43. The second-order valence-corrected chi connectivity index (χ2v) is 7.66. The number of hydrogen-bond acceptors (Lipinski definition) is 2. The lowest BCUT2D eigenvalue weighted by Crippen LogP contribution is -2.31. The van der Waals surface area contributed by atoms with E-state index < -0.39 is 0 Å². The summed E-state index contributed by atoms with van der Waals surface area (Å²) in [4.78, 5) is 17.1. The van der Waals surface area contributed by atoms with Crippen LogP contribution >= 0.6 is 15.9 Å². The van der Waals surface area contributed by atoms with Crippen LogP contribution in [-0.4, -0.2) is 22.1 Å². The number of urea groups is 1. The highest BCUT2D eigenvalue weighted by Gasteiger charge is 2.12. The molecule has 2 amide bonds. The molecule has 0 spiro atoms. The highest BCUT2D eigenvalue weighted by molar-refractivity contribution is 9.10. The third kappa shape index (κ3) is 4.32. The normalized spacial score (nSPS) is 10.8. The molecule has 0 unspecified atom stereocenters. The molecule has 1 aromatic heterocycles. The third-order valence-corrected chi connectivity index (χ3v) is 5.40. The first kappa shape index (κ1) is 19.2. The predicted molar refractivity (Wildman–Crippen MR) is 121 cm³/mol. The first-order chi connectivity index (χ1) is 14.1. The maximum absolute atomic E-state index is 12.3. The fraction of sp³-hybridized carbons (Fsp3) is 0.130. The second kappa shape index (κ2) is 8.49. The highest BCUT2D eigenvalue weighted by Crippen LogP contribution is 2.25. The smallest absolute Gasteiger partial charge is 0.319 e. The van der Waals surface area contributed by atoms with E-state index in [4.69, 9.17) is 4.98 Å². The molecular formula is C23H21BrN4O. The van der Waals surface area contributed by atoms with Crippen molar-refractivity contribution < 1.29 is 4.79 Å². The minimum absolute atomic E-state index is 0.238. The van der Waals surface area contributed by atoms with Crippen molar-refractivity contribution in [1.82, 2.24) is 14.9 Å². The standard InChI is InChI=1S/C23H21BrN4O/c1-16-10-12-17(13-11-16)22-26-20-8-4-5-9-21(20)28(22)15-14-25-23(29)27-19-7-3-2-6-18(19)24/h2-13H,14-15H2,1H3,(H2,25,27,29). The zero-order valence-corrected chi connectivity index (χ0v) is 17.6. The number of fused-ring (bicyclic) bond motifs is 1. The largest absolute Gasteiger partial charge is 0.336 e. The summed E-state index contributed by atoms with van der Waals surface area (Å²) in [6.07, 6.45) is 0. The molecule has 146 valence electrons. The number of carbonyl (C=O) groups is 1. The molecule has 0 aliphatic heterocycles. The van der Waals surface area contributed by atoms with Gasteiger partial charge in [-0.05, 0) is 47.1 Å². The molecule has 29 heavy (non-hydrogen) atoms. The minimum Gasteiger partial charge on any atom is -0.336 e. The summed E-state index contributed by atoms with van der Waals surface area (Å²) in [5.74, 6) is 0.902. The van der Waals surface area contributed by atoms with Gasteiger partial charge in [-0.2, -0.15) is 0 Å². The number of halogens is 1. The van der Waals surface area contributed by atoms with E-state index in [0.717, 1.165) is 32.6 Å². The summed E-state index contributed by atoms with van der Waals surface area (Å²) < 4.78 is 3.00. The van der Waals surface area contributed by atoms with E-state index in [0.29, 0.717) is 13.1 Å². The van der Waals surface area contributed by atoms with Gasteiger partial charge in [0.25, 0.3) is 0 Å². The number of aryl methyl sites for hydroxylation is 1. The zero-order chi connectivity index (χ0) is 20.2. The van der Waals surface area contributed by atoms with Crippen LogP contribution in [0.3, 0.4) is 0 Å². The number of amides is 2. The van der Waals surface area contributed by atoms with Gasteiger partial charge in [-0.25, -0.2) is 9.78 Å². The lowest BCUT2D eigenvalue weighted by Gasteiger charge is -2.12. The van der Waals surface area contributed by atoms with Gasteiger partial charge < -0.3 is 15.2 Å². The molecule has 0 fully saturated rings. The minimum atomic E-state index is -0.238.